The van der Waals surface area contributed by atoms with Gasteiger partial charge < -0.3 is 5.11 Å². The molecular weight excluding hydrogens is 172 g/mol. The molecule has 0 heterocycles. The number of benzene rings is 1. The molecule has 2 atom stereocenters. The van der Waals surface area contributed by atoms with Crippen molar-refractivity contribution in [2.75, 3.05) is 0 Å². The first-order valence-electron chi connectivity index (χ1n) is 5.31. The molecule has 0 radical (unpaired) electrons. The fourth-order valence-corrected chi connectivity index (χ4v) is 1.91. The number of aliphatic hydroxyl groups is 1. The van der Waals surface area contributed by atoms with Crippen molar-refractivity contribution >= 4 is 0 Å². The topological polar surface area (TPSA) is 20.2 Å². The van der Waals surface area contributed by atoms with E-state index < -0.39 is 0 Å². The second kappa shape index (κ2) is 5.16. The van der Waals surface area contributed by atoms with Crippen LogP contribution in [0.4, 0.5) is 0 Å². The number of aliphatic hydroxyl groups excluding tert-OH is 1. The summed E-state index contributed by atoms with van der Waals surface area (Å²) < 4.78 is 0. The third-order valence-electron chi connectivity index (χ3n) is 2.41. The Labute approximate surface area is 86.8 Å². The molecule has 0 bridgehead atoms. The van der Waals surface area contributed by atoms with E-state index in [2.05, 4.69) is 38.1 Å². The largest absolute Gasteiger partial charge is 0.393 e. The Morgan fingerprint density at radius 3 is 2.57 bits per heavy atom. The molecular formula is C13H20O. The van der Waals surface area contributed by atoms with E-state index in [-0.39, 0.29) is 6.10 Å². The third-order valence-corrected chi connectivity index (χ3v) is 2.41. The summed E-state index contributed by atoms with van der Waals surface area (Å²) in [7, 11) is 0. The molecule has 0 aliphatic heterocycles. The van der Waals surface area contributed by atoms with Crippen LogP contribution in [-0.4, -0.2) is 11.2 Å². The van der Waals surface area contributed by atoms with Gasteiger partial charge in [-0.1, -0.05) is 36.8 Å². The van der Waals surface area contributed by atoms with Crippen LogP contribution in [0.15, 0.2) is 24.3 Å². The fraction of sp³-hybridized carbons (Fsp3) is 0.538. The quantitative estimate of drug-likeness (QED) is 0.777. The minimum absolute atomic E-state index is 0.185. The summed E-state index contributed by atoms with van der Waals surface area (Å²) in [4.78, 5) is 0. The molecule has 0 fully saturated rings. The molecule has 2 unspecified atom stereocenters. The second-order valence-electron chi connectivity index (χ2n) is 4.38. The number of aryl methyl sites for hydroxylation is 1. The van der Waals surface area contributed by atoms with Gasteiger partial charge >= 0.3 is 0 Å². The Bertz CT molecular complexity index is 278. The van der Waals surface area contributed by atoms with Gasteiger partial charge in [-0.15, -0.1) is 0 Å². The van der Waals surface area contributed by atoms with Gasteiger partial charge in [-0.2, -0.15) is 0 Å². The Morgan fingerprint density at radius 2 is 2.00 bits per heavy atom. The molecule has 0 saturated carbocycles. The predicted molar refractivity (Wildman–Crippen MR) is 60.3 cm³/mol. The maximum atomic E-state index is 9.26. The van der Waals surface area contributed by atoms with E-state index >= 15 is 0 Å². The molecule has 1 N–H and O–H groups in total. The lowest BCUT2D eigenvalue weighted by Crippen LogP contribution is -2.09. The van der Waals surface area contributed by atoms with E-state index in [0.717, 1.165) is 12.8 Å². The molecule has 1 rings (SSSR count). The van der Waals surface area contributed by atoms with Crippen molar-refractivity contribution in [2.24, 2.45) is 5.92 Å². The summed E-state index contributed by atoms with van der Waals surface area (Å²) in [6.45, 7) is 6.16. The van der Waals surface area contributed by atoms with E-state index in [1.54, 1.807) is 0 Å². The van der Waals surface area contributed by atoms with Crippen molar-refractivity contribution in [1.82, 2.24) is 0 Å². The van der Waals surface area contributed by atoms with Crippen LogP contribution >= 0.6 is 0 Å². The van der Waals surface area contributed by atoms with Gasteiger partial charge in [-0.05, 0) is 38.2 Å². The lowest BCUT2D eigenvalue weighted by atomic mass is 9.95. The van der Waals surface area contributed by atoms with Crippen LogP contribution in [0.3, 0.4) is 0 Å². The maximum Gasteiger partial charge on any atom is 0.0514 e. The summed E-state index contributed by atoms with van der Waals surface area (Å²) in [6, 6.07) is 8.59. The van der Waals surface area contributed by atoms with Crippen LogP contribution in [0.2, 0.25) is 0 Å². The van der Waals surface area contributed by atoms with E-state index in [9.17, 15) is 5.11 Å². The summed E-state index contributed by atoms with van der Waals surface area (Å²) >= 11 is 0. The Kier molecular flexibility index (Phi) is 4.15. The van der Waals surface area contributed by atoms with Gasteiger partial charge in [0.25, 0.3) is 0 Å². The SMILES string of the molecule is Cc1cccc(CC(C)CC(C)O)c1. The van der Waals surface area contributed by atoms with Gasteiger partial charge in [0, 0.05) is 0 Å². The van der Waals surface area contributed by atoms with E-state index in [1.807, 2.05) is 6.92 Å². The minimum Gasteiger partial charge on any atom is -0.393 e. The first kappa shape index (κ1) is 11.3. The standard InChI is InChI=1S/C13H20O/c1-10-5-4-6-13(8-10)9-11(2)7-12(3)14/h4-6,8,11-12,14H,7,9H2,1-3H3. The highest BCUT2D eigenvalue weighted by molar-refractivity contribution is 5.22. The molecule has 0 aliphatic rings. The number of rotatable bonds is 4. The van der Waals surface area contributed by atoms with Crippen LogP contribution in [0.1, 0.15) is 31.4 Å². The summed E-state index contributed by atoms with van der Waals surface area (Å²) in [5, 5.41) is 9.26. The zero-order valence-corrected chi connectivity index (χ0v) is 9.33. The van der Waals surface area contributed by atoms with Gasteiger partial charge in [0.15, 0.2) is 0 Å². The summed E-state index contributed by atoms with van der Waals surface area (Å²) in [5.41, 5.74) is 2.69. The van der Waals surface area contributed by atoms with Crippen LogP contribution in [0, 0.1) is 12.8 Å². The molecule has 0 amide bonds. The Balaban J connectivity index is 2.51. The lowest BCUT2D eigenvalue weighted by molar-refractivity contribution is 0.164. The highest BCUT2D eigenvalue weighted by atomic mass is 16.3. The van der Waals surface area contributed by atoms with E-state index in [4.69, 9.17) is 0 Å². The zero-order valence-electron chi connectivity index (χ0n) is 9.33. The average Bonchev–Trinajstić information content (AvgIpc) is 2.01. The predicted octanol–water partition coefficient (Wildman–Crippen LogP) is 2.94. The van der Waals surface area contributed by atoms with Crippen molar-refractivity contribution in [2.45, 2.75) is 39.7 Å². The smallest absolute Gasteiger partial charge is 0.0514 e. The molecule has 1 heteroatoms. The van der Waals surface area contributed by atoms with Gasteiger partial charge in [0.05, 0.1) is 6.10 Å². The molecule has 1 aromatic rings. The highest BCUT2D eigenvalue weighted by Crippen LogP contribution is 2.14. The zero-order chi connectivity index (χ0) is 10.6. The highest BCUT2D eigenvalue weighted by Gasteiger charge is 2.06. The fourth-order valence-electron chi connectivity index (χ4n) is 1.91. The summed E-state index contributed by atoms with van der Waals surface area (Å²) in [5.74, 6) is 0.553. The Morgan fingerprint density at radius 1 is 1.29 bits per heavy atom. The molecule has 14 heavy (non-hydrogen) atoms. The van der Waals surface area contributed by atoms with Crippen molar-refractivity contribution in [3.05, 3.63) is 35.4 Å². The molecule has 78 valence electrons. The average molecular weight is 192 g/mol. The minimum atomic E-state index is -0.185. The maximum absolute atomic E-state index is 9.26. The van der Waals surface area contributed by atoms with E-state index in [0.29, 0.717) is 5.92 Å². The normalized spacial score (nSPS) is 15.1. The van der Waals surface area contributed by atoms with Crippen LogP contribution in [0.25, 0.3) is 0 Å². The van der Waals surface area contributed by atoms with Gasteiger partial charge in [-0.3, -0.25) is 0 Å². The van der Waals surface area contributed by atoms with Gasteiger partial charge in [0.1, 0.15) is 0 Å². The van der Waals surface area contributed by atoms with Crippen molar-refractivity contribution < 1.29 is 5.11 Å². The molecule has 1 nitrogen and oxygen atoms in total. The third kappa shape index (κ3) is 3.93. The monoisotopic (exact) mass is 192 g/mol. The van der Waals surface area contributed by atoms with Crippen LogP contribution in [-0.2, 0) is 6.42 Å². The molecule has 1 aromatic carbocycles. The van der Waals surface area contributed by atoms with Crippen molar-refractivity contribution in [3.8, 4) is 0 Å². The van der Waals surface area contributed by atoms with Crippen molar-refractivity contribution in [3.63, 3.8) is 0 Å². The van der Waals surface area contributed by atoms with Gasteiger partial charge in [-0.25, -0.2) is 0 Å². The molecule has 0 aromatic heterocycles. The molecule has 0 saturated heterocycles. The first-order valence-corrected chi connectivity index (χ1v) is 5.31. The number of hydrogen-bond acceptors (Lipinski definition) is 1. The lowest BCUT2D eigenvalue weighted by Gasteiger charge is -2.13. The number of hydrogen-bond donors (Lipinski definition) is 1. The van der Waals surface area contributed by atoms with Crippen LogP contribution in [0.5, 0.6) is 0 Å². The first-order chi connectivity index (χ1) is 6.58. The van der Waals surface area contributed by atoms with Crippen molar-refractivity contribution in [1.29, 1.82) is 0 Å². The molecule has 0 spiro atoms. The second-order valence-corrected chi connectivity index (χ2v) is 4.38. The Hall–Kier alpha value is -0.820. The van der Waals surface area contributed by atoms with E-state index in [1.165, 1.54) is 11.1 Å². The van der Waals surface area contributed by atoms with Gasteiger partial charge in [0.2, 0.25) is 0 Å². The summed E-state index contributed by atoms with van der Waals surface area (Å²) in [6.07, 6.45) is 1.76. The van der Waals surface area contributed by atoms with Crippen LogP contribution < -0.4 is 0 Å². The molecule has 0 aliphatic carbocycles.